The average molecular weight is 237 g/mol. The van der Waals surface area contributed by atoms with Crippen LogP contribution in [0, 0.1) is 11.7 Å². The van der Waals surface area contributed by atoms with Crippen molar-refractivity contribution in [1.82, 2.24) is 10.3 Å². The highest BCUT2D eigenvalue weighted by atomic mass is 19.1. The second kappa shape index (κ2) is 5.96. The molecule has 1 fully saturated rings. The van der Waals surface area contributed by atoms with Gasteiger partial charge in [-0.1, -0.05) is 0 Å². The van der Waals surface area contributed by atoms with Gasteiger partial charge in [0.05, 0.1) is 6.20 Å². The molecule has 0 aromatic carbocycles. The predicted molar refractivity (Wildman–Crippen MR) is 67.7 cm³/mol. The summed E-state index contributed by atoms with van der Waals surface area (Å²) in [5.41, 5.74) is 0. The normalized spacial score (nSPS) is 20.2. The maximum absolute atomic E-state index is 12.8. The van der Waals surface area contributed by atoms with Gasteiger partial charge in [0.1, 0.15) is 11.6 Å². The summed E-state index contributed by atoms with van der Waals surface area (Å²) in [6.07, 6.45) is 3.81. The lowest BCUT2D eigenvalue weighted by atomic mass is 9.99. The molecule has 0 radical (unpaired) electrons. The topological polar surface area (TPSA) is 28.2 Å². The van der Waals surface area contributed by atoms with Gasteiger partial charge in [-0.25, -0.2) is 9.37 Å². The van der Waals surface area contributed by atoms with E-state index in [1.165, 1.54) is 25.1 Å². The Balaban J connectivity index is 1.97. The summed E-state index contributed by atoms with van der Waals surface area (Å²) < 4.78 is 12.8. The molecule has 1 N–H and O–H groups in total. The van der Waals surface area contributed by atoms with Crippen molar-refractivity contribution in [2.24, 2.45) is 5.92 Å². The Kier molecular flexibility index (Phi) is 4.31. The highest BCUT2D eigenvalue weighted by molar-refractivity contribution is 5.37. The van der Waals surface area contributed by atoms with E-state index in [2.05, 4.69) is 22.1 Å². The molecule has 1 aliphatic rings. The molecule has 1 aliphatic heterocycles. The van der Waals surface area contributed by atoms with Gasteiger partial charge in [0.25, 0.3) is 0 Å². The molecule has 0 aliphatic carbocycles. The fourth-order valence-electron chi connectivity index (χ4n) is 2.33. The Morgan fingerprint density at radius 3 is 3.00 bits per heavy atom. The molecular formula is C13H20FN3. The number of anilines is 1. The minimum Gasteiger partial charge on any atom is -0.357 e. The lowest BCUT2D eigenvalue weighted by Gasteiger charge is -2.30. The van der Waals surface area contributed by atoms with Gasteiger partial charge in [-0.3, -0.25) is 0 Å². The maximum Gasteiger partial charge on any atom is 0.141 e. The van der Waals surface area contributed by atoms with Crippen molar-refractivity contribution in [3.63, 3.8) is 0 Å². The Hall–Kier alpha value is -1.16. The predicted octanol–water partition coefficient (Wildman–Crippen LogP) is 2.05. The third kappa shape index (κ3) is 3.40. The number of nitrogens with zero attached hydrogens (tertiary/aromatic N) is 2. The molecule has 1 saturated heterocycles. The molecule has 94 valence electrons. The van der Waals surface area contributed by atoms with Crippen LogP contribution in [-0.4, -0.2) is 31.2 Å². The van der Waals surface area contributed by atoms with E-state index in [1.807, 2.05) is 0 Å². The fraction of sp³-hybridized carbons (Fsp3) is 0.615. The molecule has 0 amide bonds. The zero-order valence-corrected chi connectivity index (χ0v) is 10.3. The number of rotatable bonds is 4. The van der Waals surface area contributed by atoms with Crippen LogP contribution in [-0.2, 0) is 0 Å². The molecule has 0 saturated carbocycles. The minimum absolute atomic E-state index is 0.274. The largest absolute Gasteiger partial charge is 0.357 e. The summed E-state index contributed by atoms with van der Waals surface area (Å²) in [7, 11) is 0. The number of nitrogens with one attached hydrogen (secondary N) is 1. The van der Waals surface area contributed by atoms with Gasteiger partial charge in [-0.15, -0.1) is 0 Å². The first-order chi connectivity index (χ1) is 8.29. The molecule has 0 spiro atoms. The Bertz CT molecular complexity index is 333. The van der Waals surface area contributed by atoms with Gasteiger partial charge in [-0.05, 0) is 50.9 Å². The fourth-order valence-corrected chi connectivity index (χ4v) is 2.33. The number of halogens is 1. The van der Waals surface area contributed by atoms with E-state index >= 15 is 0 Å². The molecule has 1 unspecified atom stereocenters. The second-order valence-corrected chi connectivity index (χ2v) is 4.59. The zero-order valence-electron chi connectivity index (χ0n) is 10.3. The molecule has 0 bridgehead atoms. The zero-order chi connectivity index (χ0) is 12.1. The number of piperidine rings is 1. The minimum atomic E-state index is -0.274. The molecule has 1 atom stereocenters. The van der Waals surface area contributed by atoms with Gasteiger partial charge in [0.2, 0.25) is 0 Å². The van der Waals surface area contributed by atoms with Crippen molar-refractivity contribution in [2.45, 2.75) is 19.8 Å². The summed E-state index contributed by atoms with van der Waals surface area (Å²) in [5.74, 6) is 1.28. The summed E-state index contributed by atoms with van der Waals surface area (Å²) in [6, 6.07) is 3.24. The average Bonchev–Trinajstić information content (AvgIpc) is 2.38. The van der Waals surface area contributed by atoms with Gasteiger partial charge in [0.15, 0.2) is 0 Å². The summed E-state index contributed by atoms with van der Waals surface area (Å²) >= 11 is 0. The maximum atomic E-state index is 12.8. The molecular weight excluding hydrogens is 217 g/mol. The number of hydrogen-bond acceptors (Lipinski definition) is 3. The van der Waals surface area contributed by atoms with Gasteiger partial charge in [-0.2, -0.15) is 0 Å². The summed E-state index contributed by atoms with van der Waals surface area (Å²) in [5, 5.41) is 3.42. The monoisotopic (exact) mass is 237 g/mol. The van der Waals surface area contributed by atoms with Crippen LogP contribution in [0.5, 0.6) is 0 Å². The van der Waals surface area contributed by atoms with Crippen LogP contribution in [0.15, 0.2) is 18.3 Å². The van der Waals surface area contributed by atoms with Gasteiger partial charge < -0.3 is 10.2 Å². The third-order valence-electron chi connectivity index (χ3n) is 3.30. The summed E-state index contributed by atoms with van der Waals surface area (Å²) in [6.45, 7) is 6.24. The van der Waals surface area contributed by atoms with Crippen molar-refractivity contribution in [3.8, 4) is 0 Å². The van der Waals surface area contributed by atoms with Crippen LogP contribution in [0.25, 0.3) is 0 Å². The quantitative estimate of drug-likeness (QED) is 0.868. The van der Waals surface area contributed by atoms with Crippen molar-refractivity contribution in [3.05, 3.63) is 24.1 Å². The molecule has 2 rings (SSSR count). The van der Waals surface area contributed by atoms with E-state index in [1.54, 1.807) is 6.07 Å². The van der Waals surface area contributed by atoms with E-state index in [9.17, 15) is 4.39 Å². The van der Waals surface area contributed by atoms with Gasteiger partial charge in [0, 0.05) is 13.1 Å². The van der Waals surface area contributed by atoms with E-state index in [-0.39, 0.29) is 5.82 Å². The van der Waals surface area contributed by atoms with Crippen LogP contribution in [0.4, 0.5) is 10.2 Å². The van der Waals surface area contributed by atoms with Crippen LogP contribution in [0.2, 0.25) is 0 Å². The number of aromatic nitrogens is 1. The lowest BCUT2D eigenvalue weighted by molar-refractivity contribution is 0.377. The molecule has 17 heavy (non-hydrogen) atoms. The molecule has 4 heteroatoms. The SMILES string of the molecule is CCN(CC1CCCNC1)c1ccc(F)cn1. The van der Waals surface area contributed by atoms with Crippen molar-refractivity contribution in [1.29, 1.82) is 0 Å². The Morgan fingerprint density at radius 1 is 1.53 bits per heavy atom. The van der Waals surface area contributed by atoms with Crippen molar-refractivity contribution in [2.75, 3.05) is 31.1 Å². The highest BCUT2D eigenvalue weighted by Crippen LogP contribution is 2.16. The van der Waals surface area contributed by atoms with Crippen molar-refractivity contribution < 1.29 is 4.39 Å². The van der Waals surface area contributed by atoms with E-state index in [0.29, 0.717) is 5.92 Å². The first-order valence-electron chi connectivity index (χ1n) is 6.37. The standard InChI is InChI=1S/C13H20FN3/c1-2-17(10-11-4-3-7-15-8-11)13-6-5-12(14)9-16-13/h5-6,9,11,15H,2-4,7-8,10H2,1H3. The van der Waals surface area contributed by atoms with Crippen LogP contribution in [0.1, 0.15) is 19.8 Å². The van der Waals surface area contributed by atoms with Gasteiger partial charge >= 0.3 is 0 Å². The Labute approximate surface area is 102 Å². The lowest BCUT2D eigenvalue weighted by Crippen LogP contribution is -2.38. The molecule has 1 aromatic heterocycles. The van der Waals surface area contributed by atoms with E-state index in [0.717, 1.165) is 32.0 Å². The number of pyridine rings is 1. The Morgan fingerprint density at radius 2 is 2.41 bits per heavy atom. The van der Waals surface area contributed by atoms with Crippen LogP contribution < -0.4 is 10.2 Å². The number of hydrogen-bond donors (Lipinski definition) is 1. The highest BCUT2D eigenvalue weighted by Gasteiger charge is 2.17. The molecule has 3 nitrogen and oxygen atoms in total. The smallest absolute Gasteiger partial charge is 0.141 e. The first-order valence-corrected chi connectivity index (χ1v) is 6.37. The third-order valence-corrected chi connectivity index (χ3v) is 3.30. The molecule has 2 heterocycles. The van der Waals surface area contributed by atoms with E-state index in [4.69, 9.17) is 0 Å². The van der Waals surface area contributed by atoms with Crippen LogP contribution >= 0.6 is 0 Å². The summed E-state index contributed by atoms with van der Waals surface area (Å²) in [4.78, 5) is 6.36. The second-order valence-electron chi connectivity index (χ2n) is 4.59. The molecule has 1 aromatic rings. The van der Waals surface area contributed by atoms with E-state index < -0.39 is 0 Å². The van der Waals surface area contributed by atoms with Crippen LogP contribution in [0.3, 0.4) is 0 Å². The van der Waals surface area contributed by atoms with Crippen molar-refractivity contribution >= 4 is 5.82 Å². The first kappa shape index (κ1) is 12.3.